The molecule has 0 aromatic carbocycles. The fourth-order valence-corrected chi connectivity index (χ4v) is 0. The van der Waals surface area contributed by atoms with Gasteiger partial charge in [0.2, 0.25) is 0 Å². The van der Waals surface area contributed by atoms with Gasteiger partial charge in [0.25, 0.3) is 0 Å². The molecule has 0 saturated carbocycles. The molecule has 0 saturated heterocycles. The van der Waals surface area contributed by atoms with Gasteiger partial charge in [0.05, 0.1) is 0 Å². The molecule has 0 amide bonds. The van der Waals surface area contributed by atoms with Crippen LogP contribution in [-0.4, -0.2) is 104 Å². The predicted octanol–water partition coefficient (Wildman–Crippen LogP) is -4.64. The van der Waals surface area contributed by atoms with E-state index in [-0.39, 0.29) is 59.1 Å². The van der Waals surface area contributed by atoms with Crippen molar-refractivity contribution in [2.24, 2.45) is 0 Å². The topological polar surface area (TPSA) is 132 Å². The molecule has 11 heteroatoms. The van der Waals surface area contributed by atoms with Gasteiger partial charge in [-0.25, -0.2) is 0 Å². The summed E-state index contributed by atoms with van der Waals surface area (Å²) < 4.78 is 55.0. The van der Waals surface area contributed by atoms with Crippen LogP contribution in [0.2, 0.25) is 0 Å². The normalized spacial score (nSPS) is 8.45. The van der Waals surface area contributed by atoms with E-state index in [1.54, 1.807) is 0 Å². The zero-order valence-electron chi connectivity index (χ0n) is 3.83. The summed E-state index contributed by atoms with van der Waals surface area (Å²) in [6.07, 6.45) is 0. The molecule has 0 aromatic heterocycles. The second-order valence-electron chi connectivity index (χ2n) is 0.679. The van der Waals surface area contributed by atoms with E-state index in [0.717, 1.165) is 0 Å². The van der Waals surface area contributed by atoms with Gasteiger partial charge in [-0.2, -0.15) is 0 Å². The maximum absolute atomic E-state index is 8.82. The minimum absolute atomic E-state index is 0. The standard InChI is InChI=1S/2Na.H2O4Se.H2O3Se.2H/c;;1-5(2,3)4;1-4(2)3;;/h;;(H2,1,2,3,4);(H2,1,2,3);;. The zero-order chi connectivity index (χ0) is 8.08. The van der Waals surface area contributed by atoms with E-state index in [4.69, 9.17) is 28.3 Å². The Labute approximate surface area is 113 Å². The van der Waals surface area contributed by atoms with Crippen molar-refractivity contribution in [3.05, 3.63) is 0 Å². The van der Waals surface area contributed by atoms with E-state index in [1.165, 1.54) is 0 Å². The van der Waals surface area contributed by atoms with Gasteiger partial charge >= 0.3 is 115 Å². The molecule has 0 heterocycles. The van der Waals surface area contributed by atoms with Crippen LogP contribution >= 0.6 is 0 Å². The first kappa shape index (κ1) is 23.3. The van der Waals surface area contributed by atoms with Crippen LogP contribution in [-0.2, 0) is 11.5 Å². The molecular formula is H6Na2O7Se2. The van der Waals surface area contributed by atoms with Crippen LogP contribution in [0.25, 0.3) is 0 Å². The van der Waals surface area contributed by atoms with Crippen molar-refractivity contribution in [1.29, 1.82) is 0 Å². The Balaban J connectivity index is -0.0000000383. The molecule has 0 aliphatic heterocycles. The molecule has 0 rings (SSSR count). The van der Waals surface area contributed by atoms with Gasteiger partial charge in [0, 0.05) is 0 Å². The van der Waals surface area contributed by atoms with Gasteiger partial charge < -0.3 is 0 Å². The van der Waals surface area contributed by atoms with Crippen molar-refractivity contribution in [2.75, 3.05) is 0 Å². The van der Waals surface area contributed by atoms with E-state index < -0.39 is 27.9 Å². The third-order valence-corrected chi connectivity index (χ3v) is 0. The quantitative estimate of drug-likeness (QED) is 0.330. The van der Waals surface area contributed by atoms with Crippen molar-refractivity contribution in [3.8, 4) is 0 Å². The number of rotatable bonds is 0. The molecule has 62 valence electrons. The average molecular weight is 322 g/mol. The maximum atomic E-state index is 8.82. The van der Waals surface area contributed by atoms with Crippen LogP contribution in [0.5, 0.6) is 0 Å². The summed E-state index contributed by atoms with van der Waals surface area (Å²) in [5, 5.41) is 0. The first-order valence-corrected chi connectivity index (χ1v) is 6.39. The van der Waals surface area contributed by atoms with Crippen molar-refractivity contribution >= 4 is 87.0 Å². The Hall–Kier alpha value is 2.28. The Morgan fingerprint density at radius 3 is 1.00 bits per heavy atom. The molecular weight excluding hydrogens is 316 g/mol. The summed E-state index contributed by atoms with van der Waals surface area (Å²) >= 11 is -8.54. The molecule has 0 aliphatic rings. The van der Waals surface area contributed by atoms with Crippen molar-refractivity contribution in [3.63, 3.8) is 0 Å². The molecule has 0 spiro atoms. The van der Waals surface area contributed by atoms with Crippen molar-refractivity contribution < 1.29 is 28.3 Å². The first-order valence-electron chi connectivity index (χ1n) is 1.23. The van der Waals surface area contributed by atoms with Gasteiger partial charge in [-0.05, 0) is 0 Å². The molecule has 0 aliphatic carbocycles. The SMILES string of the molecule is O=[Se](=O)(O)O.O=[Se](O)O.[NaH].[NaH]. The first-order chi connectivity index (χ1) is 3.73. The summed E-state index contributed by atoms with van der Waals surface area (Å²) in [6, 6.07) is 0. The molecule has 0 bridgehead atoms. The average Bonchev–Trinajstić information content (AvgIpc) is 1.19. The summed E-state index contributed by atoms with van der Waals surface area (Å²) in [7, 11) is 0. The zero-order valence-corrected chi connectivity index (χ0v) is 7.26. The van der Waals surface area contributed by atoms with E-state index in [9.17, 15) is 0 Å². The van der Waals surface area contributed by atoms with Crippen molar-refractivity contribution in [1.82, 2.24) is 0 Å². The van der Waals surface area contributed by atoms with Gasteiger partial charge in [0.15, 0.2) is 0 Å². The third kappa shape index (κ3) is 250. The van der Waals surface area contributed by atoms with Crippen LogP contribution in [0.4, 0.5) is 0 Å². The predicted molar refractivity (Wildman–Crippen MR) is 36.7 cm³/mol. The molecule has 0 aromatic rings. The second kappa shape index (κ2) is 12.3. The Morgan fingerprint density at radius 2 is 1.00 bits per heavy atom. The van der Waals surface area contributed by atoms with Gasteiger partial charge in [0.1, 0.15) is 0 Å². The Bertz CT molecular complexity index is 157. The van der Waals surface area contributed by atoms with E-state index >= 15 is 0 Å². The van der Waals surface area contributed by atoms with Crippen LogP contribution in [0.15, 0.2) is 0 Å². The molecule has 0 radical (unpaired) electrons. The molecule has 11 heavy (non-hydrogen) atoms. The van der Waals surface area contributed by atoms with Crippen LogP contribution in [0, 0.1) is 0 Å². The fraction of sp³-hybridized carbons (Fsp3) is 0. The number of hydrogen-bond donors (Lipinski definition) is 4. The molecule has 4 N–H and O–H groups in total. The summed E-state index contributed by atoms with van der Waals surface area (Å²) in [4.78, 5) is 0. The summed E-state index contributed by atoms with van der Waals surface area (Å²) in [5.41, 5.74) is 0. The van der Waals surface area contributed by atoms with E-state index in [2.05, 4.69) is 0 Å². The van der Waals surface area contributed by atoms with Gasteiger partial charge in [-0.3, -0.25) is 0 Å². The van der Waals surface area contributed by atoms with Crippen LogP contribution in [0.1, 0.15) is 0 Å². The summed E-state index contributed by atoms with van der Waals surface area (Å²) in [5.74, 6) is 0. The minimum atomic E-state index is -5.25. The molecule has 0 unspecified atom stereocenters. The van der Waals surface area contributed by atoms with E-state index in [0.29, 0.717) is 0 Å². The number of hydrogen-bond acceptors (Lipinski definition) is 3. The monoisotopic (exact) mass is 324 g/mol. The second-order valence-corrected chi connectivity index (χ2v) is 3.53. The van der Waals surface area contributed by atoms with Gasteiger partial charge in [-0.1, -0.05) is 0 Å². The third-order valence-electron chi connectivity index (χ3n) is 0. The Kier molecular flexibility index (Phi) is 26.0. The van der Waals surface area contributed by atoms with Gasteiger partial charge in [-0.15, -0.1) is 0 Å². The summed E-state index contributed by atoms with van der Waals surface area (Å²) in [6.45, 7) is 0. The van der Waals surface area contributed by atoms with Crippen LogP contribution < -0.4 is 0 Å². The molecule has 0 fully saturated rings. The van der Waals surface area contributed by atoms with Crippen molar-refractivity contribution in [2.45, 2.75) is 0 Å². The fourth-order valence-electron chi connectivity index (χ4n) is 0. The van der Waals surface area contributed by atoms with Crippen LogP contribution in [0.3, 0.4) is 0 Å². The molecule has 7 nitrogen and oxygen atoms in total. The molecule has 0 atom stereocenters. The Morgan fingerprint density at radius 1 is 1.00 bits per heavy atom. The van der Waals surface area contributed by atoms with E-state index in [1.807, 2.05) is 0 Å².